The van der Waals surface area contributed by atoms with Crippen LogP contribution in [0.15, 0.2) is 11.8 Å². The third kappa shape index (κ3) is 7.79. The van der Waals surface area contributed by atoms with Gasteiger partial charge in [0.05, 0.1) is 14.2 Å². The van der Waals surface area contributed by atoms with Gasteiger partial charge in [0.2, 0.25) is 0 Å². The monoisotopic (exact) mass is 198 g/mol. The van der Waals surface area contributed by atoms with Crippen molar-refractivity contribution in [2.75, 3.05) is 0 Å². The van der Waals surface area contributed by atoms with E-state index in [1.807, 2.05) is 5.70 Å². The molecule has 0 amide bonds. The maximum atomic E-state index is 9.39. The van der Waals surface area contributed by atoms with Crippen molar-refractivity contribution in [1.29, 1.82) is 0 Å². The first-order valence-electron chi connectivity index (χ1n) is 4.37. The lowest BCUT2D eigenvalue weighted by molar-refractivity contribution is 0.138. The Labute approximate surface area is 81.3 Å². The summed E-state index contributed by atoms with van der Waals surface area (Å²) >= 11 is 0. The molecule has 0 aromatic carbocycles. The Morgan fingerprint density at radius 2 is 1.92 bits per heavy atom. The number of hydrogen-bond acceptors (Lipinski definition) is 2. The second-order valence-corrected chi connectivity index (χ2v) is 9.28. The molecular formula is C10H18O2Si. The fourth-order valence-corrected chi connectivity index (χ4v) is 1.57. The molecule has 3 heteroatoms. The first kappa shape index (κ1) is 12.4. The highest BCUT2D eigenvalue weighted by atomic mass is 28.3. The predicted octanol–water partition coefficient (Wildman–Crippen LogP) is 1.17. The number of rotatable bonds is 4. The van der Waals surface area contributed by atoms with Crippen LogP contribution in [0.4, 0.5) is 0 Å². The van der Waals surface area contributed by atoms with Crippen molar-refractivity contribution in [2.24, 2.45) is 0 Å². The molecule has 0 rings (SSSR count). The zero-order valence-electron chi connectivity index (χ0n) is 8.49. The molecule has 0 bridgehead atoms. The lowest BCUT2D eigenvalue weighted by atomic mass is 10.2. The number of hydrogen-bond donors (Lipinski definition) is 2. The molecule has 2 nitrogen and oxygen atoms in total. The molecule has 0 heterocycles. The molecule has 13 heavy (non-hydrogen) atoms. The summed E-state index contributed by atoms with van der Waals surface area (Å²) in [4.78, 5) is 0. The highest BCUT2D eigenvalue weighted by Gasteiger charge is 2.10. The Morgan fingerprint density at radius 3 is 2.31 bits per heavy atom. The molecule has 0 spiro atoms. The van der Waals surface area contributed by atoms with Gasteiger partial charge in [0.25, 0.3) is 0 Å². The number of aliphatic hydroxyl groups is 2. The molecule has 0 aliphatic carbocycles. The molecule has 2 unspecified atom stereocenters. The van der Waals surface area contributed by atoms with Crippen molar-refractivity contribution in [1.82, 2.24) is 0 Å². The van der Waals surface area contributed by atoms with E-state index in [2.05, 4.69) is 25.6 Å². The highest BCUT2D eigenvalue weighted by Crippen LogP contribution is 2.05. The van der Waals surface area contributed by atoms with Crippen molar-refractivity contribution in [3.8, 4) is 12.3 Å². The molecule has 0 saturated carbocycles. The summed E-state index contributed by atoms with van der Waals surface area (Å²) in [6.45, 7) is 6.52. The molecule has 0 saturated heterocycles. The van der Waals surface area contributed by atoms with Crippen LogP contribution in [0.3, 0.4) is 0 Å². The van der Waals surface area contributed by atoms with Gasteiger partial charge in [-0.05, 0) is 0 Å². The molecular weight excluding hydrogens is 180 g/mol. The zero-order valence-corrected chi connectivity index (χ0v) is 9.49. The van der Waals surface area contributed by atoms with Gasteiger partial charge in [-0.3, -0.25) is 0 Å². The third-order valence-electron chi connectivity index (χ3n) is 1.48. The Morgan fingerprint density at radius 1 is 1.38 bits per heavy atom. The Balaban J connectivity index is 3.96. The minimum atomic E-state index is -1.26. The van der Waals surface area contributed by atoms with Gasteiger partial charge in [0, 0.05) is 6.42 Å². The van der Waals surface area contributed by atoms with Crippen LogP contribution < -0.4 is 0 Å². The van der Waals surface area contributed by atoms with E-state index < -0.39 is 20.3 Å². The van der Waals surface area contributed by atoms with E-state index >= 15 is 0 Å². The van der Waals surface area contributed by atoms with Crippen molar-refractivity contribution in [2.45, 2.75) is 38.3 Å². The van der Waals surface area contributed by atoms with Crippen LogP contribution in [-0.2, 0) is 0 Å². The van der Waals surface area contributed by atoms with E-state index in [1.165, 1.54) is 0 Å². The third-order valence-corrected chi connectivity index (χ3v) is 2.67. The first-order valence-corrected chi connectivity index (χ1v) is 7.94. The zero-order chi connectivity index (χ0) is 10.5. The fraction of sp³-hybridized carbons (Fsp3) is 0.600. The summed E-state index contributed by atoms with van der Waals surface area (Å²) in [6, 6.07) is 0. The van der Waals surface area contributed by atoms with Crippen molar-refractivity contribution < 1.29 is 10.2 Å². The van der Waals surface area contributed by atoms with Gasteiger partial charge < -0.3 is 10.2 Å². The van der Waals surface area contributed by atoms with E-state index in [0.29, 0.717) is 0 Å². The summed E-state index contributed by atoms with van der Waals surface area (Å²) in [7, 11) is -1.26. The second kappa shape index (κ2) is 5.23. The van der Waals surface area contributed by atoms with E-state index in [4.69, 9.17) is 11.5 Å². The number of terminal acetylenes is 1. The lowest BCUT2D eigenvalue weighted by Crippen LogP contribution is -2.19. The van der Waals surface area contributed by atoms with E-state index in [9.17, 15) is 5.11 Å². The van der Waals surface area contributed by atoms with Gasteiger partial charge >= 0.3 is 0 Å². The predicted molar refractivity (Wildman–Crippen MR) is 57.9 cm³/mol. The van der Waals surface area contributed by atoms with Crippen LogP contribution in [0, 0.1) is 12.3 Å². The maximum absolute atomic E-state index is 9.39. The Bertz CT molecular complexity index is 210. The molecule has 0 fully saturated rings. The summed E-state index contributed by atoms with van der Waals surface area (Å²) in [5.41, 5.74) is 2.04. The van der Waals surface area contributed by atoms with Crippen molar-refractivity contribution in [3.05, 3.63) is 11.8 Å². The second-order valence-electron chi connectivity index (χ2n) is 4.21. The minimum absolute atomic E-state index is 0.220. The normalized spacial score (nSPS) is 16.9. The summed E-state index contributed by atoms with van der Waals surface area (Å²) in [5.74, 6) is 2.17. The molecule has 2 N–H and O–H groups in total. The quantitative estimate of drug-likeness (QED) is 0.526. The van der Waals surface area contributed by atoms with Gasteiger partial charge in [-0.2, -0.15) is 0 Å². The van der Waals surface area contributed by atoms with Gasteiger partial charge in [-0.15, -0.1) is 6.42 Å². The minimum Gasteiger partial charge on any atom is -0.389 e. The van der Waals surface area contributed by atoms with Gasteiger partial charge in [-0.1, -0.05) is 37.3 Å². The highest BCUT2D eigenvalue weighted by molar-refractivity contribution is 6.80. The van der Waals surface area contributed by atoms with Gasteiger partial charge in [0.15, 0.2) is 0 Å². The largest absolute Gasteiger partial charge is 0.389 e. The van der Waals surface area contributed by atoms with Crippen LogP contribution >= 0.6 is 0 Å². The molecule has 0 aliphatic rings. The molecule has 0 aromatic rings. The molecule has 0 aliphatic heterocycles. The van der Waals surface area contributed by atoms with Crippen molar-refractivity contribution in [3.63, 3.8) is 0 Å². The Hall–Kier alpha value is -0.563. The molecule has 2 atom stereocenters. The topological polar surface area (TPSA) is 40.5 Å². The smallest absolute Gasteiger partial charge is 0.117 e. The number of aliphatic hydroxyl groups excluding tert-OH is 2. The van der Waals surface area contributed by atoms with Gasteiger partial charge in [-0.25, -0.2) is 0 Å². The summed E-state index contributed by atoms with van der Waals surface area (Å²) in [5, 5.41) is 18.4. The van der Waals surface area contributed by atoms with Crippen LogP contribution in [0.2, 0.25) is 19.6 Å². The molecule has 74 valence electrons. The SMILES string of the molecule is C#CC(O)CC(O)/C=C/[Si](C)(C)C. The first-order chi connectivity index (χ1) is 5.85. The van der Waals surface area contributed by atoms with Crippen LogP contribution in [0.25, 0.3) is 0 Å². The van der Waals surface area contributed by atoms with Crippen molar-refractivity contribution >= 4 is 8.07 Å². The van der Waals surface area contributed by atoms with Gasteiger partial charge in [0.1, 0.15) is 6.10 Å². The van der Waals surface area contributed by atoms with Crippen LogP contribution in [0.1, 0.15) is 6.42 Å². The maximum Gasteiger partial charge on any atom is 0.117 e. The average Bonchev–Trinajstić information content (AvgIpc) is 1.99. The fourth-order valence-electron chi connectivity index (χ4n) is 0.775. The van der Waals surface area contributed by atoms with Crippen LogP contribution in [0.5, 0.6) is 0 Å². The van der Waals surface area contributed by atoms with Crippen LogP contribution in [-0.4, -0.2) is 30.5 Å². The summed E-state index contributed by atoms with van der Waals surface area (Å²) in [6.07, 6.45) is 5.45. The van der Waals surface area contributed by atoms with E-state index in [-0.39, 0.29) is 6.42 Å². The van der Waals surface area contributed by atoms with E-state index in [0.717, 1.165) is 0 Å². The average molecular weight is 198 g/mol. The summed E-state index contributed by atoms with van der Waals surface area (Å²) < 4.78 is 0. The molecule has 0 radical (unpaired) electrons. The van der Waals surface area contributed by atoms with E-state index in [1.54, 1.807) is 6.08 Å². The molecule has 0 aromatic heterocycles. The lowest BCUT2D eigenvalue weighted by Gasteiger charge is -2.11. The Kier molecular flexibility index (Phi) is 5.00. The standard InChI is InChI=1S/C10H18O2Si/c1-5-9(11)8-10(12)6-7-13(2,3)4/h1,6-7,9-12H,8H2,2-4H3/b7-6+.